The van der Waals surface area contributed by atoms with Crippen LogP contribution in [0.2, 0.25) is 0 Å². The van der Waals surface area contributed by atoms with Crippen LogP contribution >= 0.6 is 0 Å². The Kier molecular flexibility index (Phi) is 4.97. The Bertz CT molecular complexity index is 1290. The molecule has 3 aromatic heterocycles. The molecule has 0 spiro atoms. The molecule has 5 rings (SSSR count). The molecule has 8 heteroatoms. The molecular weight excluding hydrogens is 415 g/mol. The third-order valence-corrected chi connectivity index (χ3v) is 5.92. The van der Waals surface area contributed by atoms with E-state index in [1.165, 1.54) is 23.4 Å². The minimum absolute atomic E-state index is 0.457. The summed E-state index contributed by atoms with van der Waals surface area (Å²) in [6.45, 7) is 6.45. The van der Waals surface area contributed by atoms with Gasteiger partial charge in [0.05, 0.1) is 22.6 Å². The van der Waals surface area contributed by atoms with E-state index in [1.54, 1.807) is 6.20 Å². The van der Waals surface area contributed by atoms with Crippen molar-refractivity contribution in [3.63, 3.8) is 0 Å². The minimum Gasteiger partial charge on any atom is -0.302 e. The number of halogens is 3. The normalized spacial score (nSPS) is 14.7. The van der Waals surface area contributed by atoms with Gasteiger partial charge in [-0.15, -0.1) is 0 Å². The number of aromatic nitrogens is 4. The van der Waals surface area contributed by atoms with Gasteiger partial charge >= 0.3 is 6.18 Å². The van der Waals surface area contributed by atoms with E-state index >= 15 is 0 Å². The van der Waals surface area contributed by atoms with Gasteiger partial charge in [0.2, 0.25) is 0 Å². The van der Waals surface area contributed by atoms with Gasteiger partial charge in [0, 0.05) is 49.6 Å². The summed E-state index contributed by atoms with van der Waals surface area (Å²) in [7, 11) is 0. The number of pyridine rings is 1. The second-order valence-corrected chi connectivity index (χ2v) is 8.28. The van der Waals surface area contributed by atoms with Crippen molar-refractivity contribution in [1.82, 2.24) is 24.3 Å². The van der Waals surface area contributed by atoms with E-state index in [2.05, 4.69) is 43.4 Å². The predicted molar refractivity (Wildman–Crippen MR) is 115 cm³/mol. The van der Waals surface area contributed by atoms with Crippen molar-refractivity contribution in [2.24, 2.45) is 0 Å². The number of hydrogen-bond acceptors (Lipinski definition) is 4. The van der Waals surface area contributed by atoms with Crippen molar-refractivity contribution >= 4 is 5.65 Å². The second-order valence-electron chi connectivity index (χ2n) is 8.28. The number of benzene rings is 1. The molecule has 1 aromatic carbocycles. The van der Waals surface area contributed by atoms with Crippen LogP contribution in [0.25, 0.3) is 17.0 Å². The molecule has 0 saturated heterocycles. The molecule has 1 aliphatic rings. The van der Waals surface area contributed by atoms with Crippen LogP contribution < -0.4 is 0 Å². The van der Waals surface area contributed by atoms with Crippen molar-refractivity contribution in [3.8, 4) is 11.4 Å². The Hall–Kier alpha value is -3.26. The van der Waals surface area contributed by atoms with Crippen LogP contribution in [0, 0.1) is 13.8 Å². The molecule has 0 unspecified atom stereocenters. The third kappa shape index (κ3) is 3.86. The molecule has 0 saturated carbocycles. The van der Waals surface area contributed by atoms with Gasteiger partial charge in [-0.2, -0.15) is 13.2 Å². The summed E-state index contributed by atoms with van der Waals surface area (Å²) in [6.07, 6.45) is 0.325. The lowest BCUT2D eigenvalue weighted by atomic mass is 10.1. The lowest BCUT2D eigenvalue weighted by Gasteiger charge is -2.28. The molecule has 5 nitrogen and oxygen atoms in total. The predicted octanol–water partition coefficient (Wildman–Crippen LogP) is 4.99. The van der Waals surface area contributed by atoms with E-state index in [1.807, 2.05) is 13.0 Å². The summed E-state index contributed by atoms with van der Waals surface area (Å²) < 4.78 is 40.6. The van der Waals surface area contributed by atoms with Gasteiger partial charge in [-0.1, -0.05) is 18.2 Å². The van der Waals surface area contributed by atoms with Gasteiger partial charge in [-0.05, 0) is 37.6 Å². The Morgan fingerprint density at radius 3 is 2.53 bits per heavy atom. The molecule has 1 aliphatic heterocycles. The summed E-state index contributed by atoms with van der Waals surface area (Å²) in [5.74, 6) is 0.457. The Labute approximate surface area is 183 Å². The molecule has 0 N–H and O–H groups in total. The maximum absolute atomic E-state index is 12.8. The van der Waals surface area contributed by atoms with Gasteiger partial charge in [0.15, 0.2) is 5.82 Å². The van der Waals surface area contributed by atoms with E-state index in [0.29, 0.717) is 11.4 Å². The first-order valence-corrected chi connectivity index (χ1v) is 10.5. The van der Waals surface area contributed by atoms with E-state index in [0.717, 1.165) is 60.8 Å². The molecular formula is C24H22F3N5. The van der Waals surface area contributed by atoms with Gasteiger partial charge in [0.1, 0.15) is 5.65 Å². The van der Waals surface area contributed by atoms with Crippen LogP contribution in [-0.2, 0) is 25.7 Å². The van der Waals surface area contributed by atoms with Gasteiger partial charge in [-0.25, -0.2) is 15.0 Å². The van der Waals surface area contributed by atoms with E-state index in [-0.39, 0.29) is 0 Å². The number of fused-ring (bicyclic) bond motifs is 2. The number of imidazole rings is 1. The zero-order valence-corrected chi connectivity index (χ0v) is 17.8. The standard InChI is InChI=1S/C24H22F3N5/c1-15-3-8-22-29-16(2)21(32(22)12-15)14-31-10-9-20-18(13-31)11-28-23(30-20)17-4-6-19(7-5-17)24(25,26)27/h3-8,11-12H,9-10,13-14H2,1-2H3. The molecule has 0 bridgehead atoms. The maximum Gasteiger partial charge on any atom is 0.416 e. The Morgan fingerprint density at radius 1 is 1.00 bits per heavy atom. The van der Waals surface area contributed by atoms with Crippen LogP contribution in [0.15, 0.2) is 48.8 Å². The maximum atomic E-state index is 12.8. The molecule has 0 amide bonds. The van der Waals surface area contributed by atoms with Crippen molar-refractivity contribution in [2.45, 2.75) is 39.5 Å². The SMILES string of the molecule is Cc1ccc2nc(C)c(CN3CCc4nc(-c5ccc(C(F)(F)F)cc5)ncc4C3)n2c1. The van der Waals surface area contributed by atoms with Crippen LogP contribution in [-0.4, -0.2) is 30.8 Å². The fraction of sp³-hybridized carbons (Fsp3) is 0.292. The first-order valence-electron chi connectivity index (χ1n) is 10.5. The average Bonchev–Trinajstić information content (AvgIpc) is 3.07. The molecule has 4 aromatic rings. The zero-order valence-electron chi connectivity index (χ0n) is 17.8. The van der Waals surface area contributed by atoms with Gasteiger partial charge < -0.3 is 4.40 Å². The molecule has 4 heterocycles. The van der Waals surface area contributed by atoms with Crippen LogP contribution in [0.4, 0.5) is 13.2 Å². The number of hydrogen-bond donors (Lipinski definition) is 0. The lowest BCUT2D eigenvalue weighted by molar-refractivity contribution is -0.137. The number of aryl methyl sites for hydroxylation is 2. The number of alkyl halides is 3. The zero-order chi connectivity index (χ0) is 22.5. The van der Waals surface area contributed by atoms with Gasteiger partial charge in [0.25, 0.3) is 0 Å². The second kappa shape index (κ2) is 7.70. The monoisotopic (exact) mass is 437 g/mol. The third-order valence-electron chi connectivity index (χ3n) is 5.92. The van der Waals surface area contributed by atoms with Crippen molar-refractivity contribution in [2.75, 3.05) is 6.54 Å². The average molecular weight is 437 g/mol. The molecule has 0 aliphatic carbocycles. The van der Waals surface area contributed by atoms with Crippen LogP contribution in [0.3, 0.4) is 0 Å². The van der Waals surface area contributed by atoms with Gasteiger partial charge in [-0.3, -0.25) is 4.90 Å². The highest BCUT2D eigenvalue weighted by atomic mass is 19.4. The fourth-order valence-corrected chi connectivity index (χ4v) is 4.18. The topological polar surface area (TPSA) is 46.3 Å². The fourth-order valence-electron chi connectivity index (χ4n) is 4.18. The van der Waals surface area contributed by atoms with E-state index in [9.17, 15) is 13.2 Å². The first kappa shape index (κ1) is 20.6. The summed E-state index contributed by atoms with van der Waals surface area (Å²) in [5, 5.41) is 0. The van der Waals surface area contributed by atoms with Crippen molar-refractivity contribution < 1.29 is 13.2 Å². The Morgan fingerprint density at radius 2 is 1.78 bits per heavy atom. The summed E-state index contributed by atoms with van der Waals surface area (Å²) >= 11 is 0. The van der Waals surface area contributed by atoms with Crippen LogP contribution in [0.5, 0.6) is 0 Å². The first-order chi connectivity index (χ1) is 15.3. The highest BCUT2D eigenvalue weighted by Gasteiger charge is 2.30. The van der Waals surface area contributed by atoms with Crippen molar-refractivity contribution in [1.29, 1.82) is 0 Å². The highest BCUT2D eigenvalue weighted by molar-refractivity contribution is 5.56. The summed E-state index contributed by atoms with van der Waals surface area (Å²) in [4.78, 5) is 16.1. The smallest absolute Gasteiger partial charge is 0.302 e. The highest BCUT2D eigenvalue weighted by Crippen LogP contribution is 2.31. The Balaban J connectivity index is 1.35. The molecule has 0 atom stereocenters. The van der Waals surface area contributed by atoms with Crippen LogP contribution in [0.1, 0.15) is 33.8 Å². The molecule has 164 valence electrons. The molecule has 0 radical (unpaired) electrons. The number of nitrogens with zero attached hydrogens (tertiary/aromatic N) is 5. The molecule has 0 fully saturated rings. The summed E-state index contributed by atoms with van der Waals surface area (Å²) in [6, 6.07) is 9.09. The van der Waals surface area contributed by atoms with E-state index < -0.39 is 11.7 Å². The number of rotatable bonds is 3. The van der Waals surface area contributed by atoms with Crippen molar-refractivity contribution in [3.05, 3.63) is 82.6 Å². The largest absolute Gasteiger partial charge is 0.416 e. The van der Waals surface area contributed by atoms with E-state index in [4.69, 9.17) is 0 Å². The summed E-state index contributed by atoms with van der Waals surface area (Å²) in [5.41, 5.74) is 6.25. The minimum atomic E-state index is -4.35. The lowest BCUT2D eigenvalue weighted by Crippen LogP contribution is -2.31. The molecule has 32 heavy (non-hydrogen) atoms. The quantitative estimate of drug-likeness (QED) is 0.453.